The van der Waals surface area contributed by atoms with Crippen LogP contribution < -0.4 is 10.6 Å². The quantitative estimate of drug-likeness (QED) is 0.318. The van der Waals surface area contributed by atoms with Gasteiger partial charge in [0.05, 0.1) is 4.92 Å². The van der Waals surface area contributed by atoms with E-state index in [9.17, 15) is 10.1 Å². The molecule has 0 spiro atoms. The fraction of sp³-hybridized carbons (Fsp3) is 0.235. The Kier molecular flexibility index (Phi) is 6.57. The number of nitro benzene ring substituents is 1. The Bertz CT molecular complexity index is 750. The molecule has 0 bridgehead atoms. The van der Waals surface area contributed by atoms with E-state index in [1.54, 1.807) is 23.9 Å². The van der Waals surface area contributed by atoms with E-state index in [1.165, 1.54) is 6.07 Å². The number of hydrogen-bond donors (Lipinski definition) is 2. The molecule has 2 rings (SSSR count). The standard InChI is InChI=1S/C17H19N3O2S2/c1-3-9-24-14-7-8-16(20(21)22)15(11-14)19-17(23)18-13-6-4-5-12(2)10-13/h4-8,10-11H,3,9H2,1-2H3,(H2,18,19,23). The molecule has 2 aromatic carbocycles. The first-order chi connectivity index (χ1) is 11.5. The zero-order valence-corrected chi connectivity index (χ0v) is 15.2. The second kappa shape index (κ2) is 8.65. The van der Waals surface area contributed by atoms with Crippen LogP contribution in [0.5, 0.6) is 0 Å². The average Bonchev–Trinajstić information content (AvgIpc) is 2.52. The average molecular weight is 361 g/mol. The third-order valence-corrected chi connectivity index (χ3v) is 4.57. The molecule has 0 unspecified atom stereocenters. The summed E-state index contributed by atoms with van der Waals surface area (Å²) in [6, 6.07) is 12.8. The van der Waals surface area contributed by atoms with Crippen molar-refractivity contribution in [3.05, 3.63) is 58.1 Å². The summed E-state index contributed by atoms with van der Waals surface area (Å²) in [5, 5.41) is 17.5. The zero-order valence-electron chi connectivity index (χ0n) is 13.5. The SMILES string of the molecule is CCCSc1ccc([N+](=O)[O-])c(NC(=S)Nc2cccc(C)c2)c1. The van der Waals surface area contributed by atoms with Crippen molar-refractivity contribution in [1.29, 1.82) is 0 Å². The predicted molar refractivity (Wildman–Crippen MR) is 105 cm³/mol. The summed E-state index contributed by atoms with van der Waals surface area (Å²) < 4.78 is 0. The number of hydrogen-bond acceptors (Lipinski definition) is 4. The molecule has 0 fully saturated rings. The van der Waals surface area contributed by atoms with Crippen molar-refractivity contribution < 1.29 is 4.92 Å². The number of nitrogens with one attached hydrogen (secondary N) is 2. The van der Waals surface area contributed by atoms with Crippen LogP contribution in [0.3, 0.4) is 0 Å². The van der Waals surface area contributed by atoms with Crippen molar-refractivity contribution in [2.24, 2.45) is 0 Å². The maximum atomic E-state index is 11.2. The number of nitrogens with zero attached hydrogens (tertiary/aromatic N) is 1. The Labute approximate surface area is 151 Å². The predicted octanol–water partition coefficient (Wildman–Crippen LogP) is 5.21. The van der Waals surface area contributed by atoms with Crippen LogP contribution in [0.1, 0.15) is 18.9 Å². The van der Waals surface area contributed by atoms with Crippen molar-refractivity contribution in [2.75, 3.05) is 16.4 Å². The maximum absolute atomic E-state index is 11.2. The minimum Gasteiger partial charge on any atom is -0.332 e. The molecule has 0 saturated heterocycles. The second-order valence-electron chi connectivity index (χ2n) is 5.23. The van der Waals surface area contributed by atoms with E-state index in [2.05, 4.69) is 17.6 Å². The minimum absolute atomic E-state index is 0.00393. The van der Waals surface area contributed by atoms with Crippen molar-refractivity contribution in [3.63, 3.8) is 0 Å². The minimum atomic E-state index is -0.411. The summed E-state index contributed by atoms with van der Waals surface area (Å²) in [5.41, 5.74) is 2.34. The summed E-state index contributed by atoms with van der Waals surface area (Å²) in [7, 11) is 0. The highest BCUT2D eigenvalue weighted by atomic mass is 32.2. The summed E-state index contributed by atoms with van der Waals surface area (Å²) in [6.45, 7) is 4.08. The Morgan fingerprint density at radius 3 is 2.71 bits per heavy atom. The van der Waals surface area contributed by atoms with Gasteiger partial charge in [-0.1, -0.05) is 19.1 Å². The van der Waals surface area contributed by atoms with Gasteiger partial charge in [-0.2, -0.15) is 0 Å². The van der Waals surface area contributed by atoms with E-state index in [1.807, 2.05) is 31.2 Å². The highest BCUT2D eigenvalue weighted by Gasteiger charge is 2.15. The number of nitro groups is 1. The van der Waals surface area contributed by atoms with Gasteiger partial charge in [0.15, 0.2) is 5.11 Å². The molecule has 5 nitrogen and oxygen atoms in total. The number of benzene rings is 2. The molecule has 2 N–H and O–H groups in total. The number of rotatable bonds is 6. The van der Waals surface area contributed by atoms with Gasteiger partial charge in [-0.25, -0.2) is 0 Å². The van der Waals surface area contributed by atoms with Gasteiger partial charge >= 0.3 is 0 Å². The lowest BCUT2D eigenvalue weighted by Crippen LogP contribution is -2.19. The topological polar surface area (TPSA) is 67.2 Å². The molecule has 2 aromatic rings. The highest BCUT2D eigenvalue weighted by Crippen LogP contribution is 2.30. The Morgan fingerprint density at radius 2 is 2.04 bits per heavy atom. The highest BCUT2D eigenvalue weighted by molar-refractivity contribution is 7.99. The first-order valence-electron chi connectivity index (χ1n) is 7.55. The van der Waals surface area contributed by atoms with Crippen molar-refractivity contribution >= 4 is 46.2 Å². The Hall–Kier alpha value is -2.12. The van der Waals surface area contributed by atoms with Crippen LogP contribution in [0.15, 0.2) is 47.4 Å². The van der Waals surface area contributed by atoms with Crippen molar-refractivity contribution in [3.8, 4) is 0 Å². The Balaban J connectivity index is 2.16. The molecule has 0 aromatic heterocycles. The number of anilines is 2. The molecular formula is C17H19N3O2S2. The summed E-state index contributed by atoms with van der Waals surface area (Å²) in [6.07, 6.45) is 1.04. The lowest BCUT2D eigenvalue weighted by Gasteiger charge is -2.12. The number of aryl methyl sites for hydroxylation is 1. The molecule has 24 heavy (non-hydrogen) atoms. The van der Waals surface area contributed by atoms with E-state index in [0.717, 1.165) is 28.3 Å². The summed E-state index contributed by atoms with van der Waals surface area (Å²) >= 11 is 6.95. The van der Waals surface area contributed by atoms with Gasteiger partial charge < -0.3 is 10.6 Å². The first kappa shape index (κ1) is 18.2. The van der Waals surface area contributed by atoms with Gasteiger partial charge in [-0.3, -0.25) is 10.1 Å². The van der Waals surface area contributed by atoms with E-state index in [-0.39, 0.29) is 5.69 Å². The largest absolute Gasteiger partial charge is 0.332 e. The smallest absolute Gasteiger partial charge is 0.292 e. The summed E-state index contributed by atoms with van der Waals surface area (Å²) in [4.78, 5) is 11.8. The normalized spacial score (nSPS) is 10.2. The molecule has 0 aliphatic carbocycles. The maximum Gasteiger partial charge on any atom is 0.292 e. The van der Waals surface area contributed by atoms with Crippen LogP contribution in [0, 0.1) is 17.0 Å². The third kappa shape index (κ3) is 5.21. The fourth-order valence-electron chi connectivity index (χ4n) is 2.09. The molecular weight excluding hydrogens is 342 g/mol. The van der Waals surface area contributed by atoms with Gasteiger partial charge in [0, 0.05) is 16.6 Å². The molecule has 7 heteroatoms. The lowest BCUT2D eigenvalue weighted by atomic mass is 10.2. The third-order valence-electron chi connectivity index (χ3n) is 3.16. The van der Waals surface area contributed by atoms with Crippen molar-refractivity contribution in [2.45, 2.75) is 25.2 Å². The molecule has 0 heterocycles. The fourth-order valence-corrected chi connectivity index (χ4v) is 3.12. The van der Waals surface area contributed by atoms with Crippen LogP contribution >= 0.6 is 24.0 Å². The molecule has 126 valence electrons. The van der Waals surface area contributed by atoms with Crippen LogP contribution in [0.2, 0.25) is 0 Å². The lowest BCUT2D eigenvalue weighted by molar-refractivity contribution is -0.383. The Morgan fingerprint density at radius 1 is 1.25 bits per heavy atom. The van der Waals surface area contributed by atoms with Crippen LogP contribution in [-0.4, -0.2) is 15.8 Å². The molecule has 0 atom stereocenters. The molecule has 0 saturated carbocycles. The molecule has 0 radical (unpaired) electrons. The van der Waals surface area contributed by atoms with Crippen molar-refractivity contribution in [1.82, 2.24) is 0 Å². The van der Waals surface area contributed by atoms with Gasteiger partial charge in [0.1, 0.15) is 5.69 Å². The van der Waals surface area contributed by atoms with Gasteiger partial charge in [-0.15, -0.1) is 11.8 Å². The monoisotopic (exact) mass is 361 g/mol. The van der Waals surface area contributed by atoms with Gasteiger partial charge in [-0.05, 0) is 61.1 Å². The van der Waals surface area contributed by atoms with E-state index < -0.39 is 4.92 Å². The van der Waals surface area contributed by atoms with E-state index in [0.29, 0.717) is 10.8 Å². The second-order valence-corrected chi connectivity index (χ2v) is 6.81. The van der Waals surface area contributed by atoms with Crippen LogP contribution in [0.25, 0.3) is 0 Å². The van der Waals surface area contributed by atoms with Crippen LogP contribution in [-0.2, 0) is 0 Å². The number of thiocarbonyl (C=S) groups is 1. The van der Waals surface area contributed by atoms with Crippen LogP contribution in [0.4, 0.5) is 17.1 Å². The molecule has 0 aliphatic heterocycles. The summed E-state index contributed by atoms with van der Waals surface area (Å²) in [5.74, 6) is 0.962. The zero-order chi connectivity index (χ0) is 17.5. The van der Waals surface area contributed by atoms with E-state index in [4.69, 9.17) is 12.2 Å². The first-order valence-corrected chi connectivity index (χ1v) is 8.95. The molecule has 0 aliphatic rings. The van der Waals surface area contributed by atoms with E-state index >= 15 is 0 Å². The van der Waals surface area contributed by atoms with Gasteiger partial charge in [0.2, 0.25) is 0 Å². The number of thioether (sulfide) groups is 1. The molecule has 0 amide bonds. The van der Waals surface area contributed by atoms with Gasteiger partial charge in [0.25, 0.3) is 5.69 Å².